The molecule has 4 aliphatic carbocycles. The van der Waals surface area contributed by atoms with Crippen LogP contribution in [-0.2, 0) is 9.84 Å². The maximum atomic E-state index is 13.1. The number of hydrogen-bond acceptors (Lipinski definition) is 3. The van der Waals surface area contributed by atoms with Gasteiger partial charge in [0.05, 0.1) is 16.2 Å². The molecule has 182 valence electrons. The van der Waals surface area contributed by atoms with Crippen LogP contribution in [0.2, 0.25) is 0 Å². The van der Waals surface area contributed by atoms with E-state index in [9.17, 15) is 13.5 Å². The molecular weight excluding hydrogens is 428 g/mol. The van der Waals surface area contributed by atoms with Crippen LogP contribution in [0.4, 0.5) is 0 Å². The highest BCUT2D eigenvalue weighted by atomic mass is 32.2. The fourth-order valence-corrected chi connectivity index (χ4v) is 10.5. The Morgan fingerprint density at radius 3 is 2.55 bits per heavy atom. The van der Waals surface area contributed by atoms with Crippen molar-refractivity contribution < 1.29 is 13.5 Å². The zero-order valence-corrected chi connectivity index (χ0v) is 21.5. The van der Waals surface area contributed by atoms with Crippen molar-refractivity contribution in [3.8, 4) is 0 Å². The minimum absolute atomic E-state index is 0.186. The Morgan fingerprint density at radius 1 is 1.06 bits per heavy atom. The van der Waals surface area contributed by atoms with E-state index in [1.165, 1.54) is 32.1 Å². The topological polar surface area (TPSA) is 54.4 Å². The molecule has 1 aromatic rings. The van der Waals surface area contributed by atoms with Gasteiger partial charge in [-0.2, -0.15) is 0 Å². The molecule has 8 atom stereocenters. The van der Waals surface area contributed by atoms with Crippen molar-refractivity contribution in [2.45, 2.75) is 89.1 Å². The molecule has 5 rings (SSSR count). The monoisotopic (exact) mass is 470 g/mol. The Labute approximate surface area is 201 Å². The van der Waals surface area contributed by atoms with Crippen LogP contribution in [0.5, 0.6) is 0 Å². The highest BCUT2D eigenvalue weighted by Gasteiger charge is 2.57. The third-order valence-electron chi connectivity index (χ3n) is 10.6. The zero-order valence-electron chi connectivity index (χ0n) is 20.7. The lowest BCUT2D eigenvalue weighted by Gasteiger charge is -2.55. The molecule has 3 saturated carbocycles. The molecule has 0 aliphatic heterocycles. The molecule has 4 aliphatic rings. The van der Waals surface area contributed by atoms with Gasteiger partial charge < -0.3 is 5.11 Å². The average molecular weight is 471 g/mol. The molecule has 0 heterocycles. The van der Waals surface area contributed by atoms with Crippen molar-refractivity contribution in [1.82, 2.24) is 0 Å². The molecule has 4 heteroatoms. The number of sulfone groups is 1. The first-order valence-electron chi connectivity index (χ1n) is 13.4. The molecular formula is C29H42O3S. The van der Waals surface area contributed by atoms with E-state index in [1.807, 2.05) is 18.2 Å². The normalized spacial score (nSPS) is 41.5. The van der Waals surface area contributed by atoms with Gasteiger partial charge in [0.2, 0.25) is 0 Å². The fourth-order valence-electron chi connectivity index (χ4n) is 8.83. The first-order chi connectivity index (χ1) is 15.7. The average Bonchev–Trinajstić information content (AvgIpc) is 3.16. The van der Waals surface area contributed by atoms with Gasteiger partial charge in [0, 0.05) is 0 Å². The van der Waals surface area contributed by atoms with Gasteiger partial charge in [-0.3, -0.25) is 0 Å². The van der Waals surface area contributed by atoms with E-state index in [-0.39, 0.29) is 17.1 Å². The SMILES string of the molecule is CC[C@]1(O)CC[C@H]2C(=CCC3[C@@H]2CC[C@]2(C)[C@@H]([C@H](C)CS(=O)(=O)c4ccccc4)CC[C@@H]32)C1. The second-order valence-electron chi connectivity index (χ2n) is 12.1. The second kappa shape index (κ2) is 8.52. The number of benzene rings is 1. The van der Waals surface area contributed by atoms with Crippen molar-refractivity contribution in [2.24, 2.45) is 40.9 Å². The summed E-state index contributed by atoms with van der Waals surface area (Å²) in [6, 6.07) is 9.00. The number of allylic oxidation sites excluding steroid dienone is 1. The van der Waals surface area contributed by atoms with E-state index in [0.29, 0.717) is 22.6 Å². The molecule has 0 bridgehead atoms. The van der Waals surface area contributed by atoms with Crippen LogP contribution >= 0.6 is 0 Å². The summed E-state index contributed by atoms with van der Waals surface area (Å²) in [5.41, 5.74) is 1.33. The Morgan fingerprint density at radius 2 is 1.82 bits per heavy atom. The molecule has 0 aromatic heterocycles. The summed E-state index contributed by atoms with van der Waals surface area (Å²) in [6.45, 7) is 6.81. The summed E-state index contributed by atoms with van der Waals surface area (Å²) in [5.74, 6) is 3.85. The van der Waals surface area contributed by atoms with Crippen LogP contribution in [-0.4, -0.2) is 24.9 Å². The van der Waals surface area contributed by atoms with Gasteiger partial charge in [0.15, 0.2) is 9.84 Å². The summed E-state index contributed by atoms with van der Waals surface area (Å²) < 4.78 is 26.2. The van der Waals surface area contributed by atoms with Crippen molar-refractivity contribution in [3.63, 3.8) is 0 Å². The minimum atomic E-state index is -3.25. The van der Waals surface area contributed by atoms with Gasteiger partial charge in [-0.05, 0) is 111 Å². The standard InChI is InChI=1S/C29H42O3S/c1-4-29(30)17-15-23-21(18-29)10-11-25-24(23)14-16-28(3)26(12-13-27(25)28)20(2)19-33(31,32)22-8-6-5-7-9-22/h5-10,20,23-27,30H,4,11-19H2,1-3H3/t20-,23+,24-,25?,26-,27+,28-,29+/m1/s1. The Hall–Kier alpha value is -1.13. The van der Waals surface area contributed by atoms with Gasteiger partial charge in [-0.15, -0.1) is 0 Å². The lowest BCUT2D eigenvalue weighted by Crippen LogP contribution is -2.48. The van der Waals surface area contributed by atoms with Gasteiger partial charge in [0.1, 0.15) is 0 Å². The summed E-state index contributed by atoms with van der Waals surface area (Å²) in [7, 11) is -3.25. The lowest BCUT2D eigenvalue weighted by atomic mass is 9.50. The maximum absolute atomic E-state index is 13.1. The molecule has 0 spiro atoms. The van der Waals surface area contributed by atoms with E-state index < -0.39 is 15.4 Å². The summed E-state index contributed by atoms with van der Waals surface area (Å²) in [6.07, 6.45) is 12.5. The predicted molar refractivity (Wildman–Crippen MR) is 133 cm³/mol. The quantitative estimate of drug-likeness (QED) is 0.505. The Balaban J connectivity index is 1.33. The van der Waals surface area contributed by atoms with Crippen LogP contribution in [0.3, 0.4) is 0 Å². The van der Waals surface area contributed by atoms with Crippen LogP contribution in [0.15, 0.2) is 46.9 Å². The predicted octanol–water partition coefficient (Wildman–Crippen LogP) is 6.43. The summed E-state index contributed by atoms with van der Waals surface area (Å²) in [4.78, 5) is 0.467. The van der Waals surface area contributed by atoms with Crippen molar-refractivity contribution >= 4 is 9.84 Å². The third kappa shape index (κ3) is 4.03. The molecule has 33 heavy (non-hydrogen) atoms. The fraction of sp³-hybridized carbons (Fsp3) is 0.724. The smallest absolute Gasteiger partial charge is 0.178 e. The minimum Gasteiger partial charge on any atom is -0.390 e. The van der Waals surface area contributed by atoms with Gasteiger partial charge in [-0.25, -0.2) is 8.42 Å². The zero-order chi connectivity index (χ0) is 23.4. The van der Waals surface area contributed by atoms with Gasteiger partial charge in [-0.1, -0.05) is 50.6 Å². The highest BCUT2D eigenvalue weighted by Crippen LogP contribution is 2.65. The summed E-state index contributed by atoms with van der Waals surface area (Å²) in [5, 5.41) is 10.9. The molecule has 1 aromatic carbocycles. The van der Waals surface area contributed by atoms with E-state index in [2.05, 4.69) is 26.8 Å². The summed E-state index contributed by atoms with van der Waals surface area (Å²) >= 11 is 0. The third-order valence-corrected chi connectivity index (χ3v) is 12.5. The Kier molecular flexibility index (Phi) is 6.09. The number of hydrogen-bond donors (Lipinski definition) is 1. The van der Waals surface area contributed by atoms with Crippen molar-refractivity contribution in [3.05, 3.63) is 42.0 Å². The van der Waals surface area contributed by atoms with Gasteiger partial charge >= 0.3 is 0 Å². The first-order valence-corrected chi connectivity index (χ1v) is 15.0. The van der Waals surface area contributed by atoms with Crippen molar-refractivity contribution in [1.29, 1.82) is 0 Å². The number of rotatable bonds is 5. The Bertz CT molecular complexity index is 999. The number of aliphatic hydroxyl groups is 1. The van der Waals surface area contributed by atoms with Crippen LogP contribution in [0.1, 0.15) is 78.6 Å². The molecule has 3 fully saturated rings. The van der Waals surface area contributed by atoms with Crippen LogP contribution in [0, 0.1) is 40.9 Å². The molecule has 1 N–H and O–H groups in total. The van der Waals surface area contributed by atoms with Crippen LogP contribution in [0.25, 0.3) is 0 Å². The first kappa shape index (κ1) is 23.6. The van der Waals surface area contributed by atoms with E-state index in [0.717, 1.165) is 37.5 Å². The second-order valence-corrected chi connectivity index (χ2v) is 14.2. The van der Waals surface area contributed by atoms with Crippen LogP contribution < -0.4 is 0 Å². The number of fused-ring (bicyclic) bond motifs is 5. The van der Waals surface area contributed by atoms with E-state index in [4.69, 9.17) is 0 Å². The largest absolute Gasteiger partial charge is 0.390 e. The molecule has 0 saturated heterocycles. The molecule has 1 unspecified atom stereocenters. The van der Waals surface area contributed by atoms with E-state index in [1.54, 1.807) is 17.7 Å². The molecule has 0 radical (unpaired) electrons. The highest BCUT2D eigenvalue weighted by molar-refractivity contribution is 7.91. The van der Waals surface area contributed by atoms with Crippen molar-refractivity contribution in [2.75, 3.05) is 5.75 Å². The van der Waals surface area contributed by atoms with E-state index >= 15 is 0 Å². The lowest BCUT2D eigenvalue weighted by molar-refractivity contribution is -0.0444. The maximum Gasteiger partial charge on any atom is 0.178 e. The molecule has 0 amide bonds. The molecule has 3 nitrogen and oxygen atoms in total. The van der Waals surface area contributed by atoms with Gasteiger partial charge in [0.25, 0.3) is 0 Å².